The van der Waals surface area contributed by atoms with Crippen molar-refractivity contribution < 1.29 is 17.6 Å². The van der Waals surface area contributed by atoms with E-state index in [1.807, 2.05) is 24.9 Å². The second-order valence-electron chi connectivity index (χ2n) is 9.79. The van der Waals surface area contributed by atoms with Crippen LogP contribution in [-0.2, 0) is 9.84 Å². The lowest BCUT2D eigenvalue weighted by Crippen LogP contribution is -2.44. The predicted octanol–water partition coefficient (Wildman–Crippen LogP) is 6.05. The number of amides is 2. The van der Waals surface area contributed by atoms with Crippen molar-refractivity contribution in [2.45, 2.75) is 31.0 Å². The van der Waals surface area contributed by atoms with Crippen molar-refractivity contribution >= 4 is 44.8 Å². The number of sulfone groups is 1. The van der Waals surface area contributed by atoms with E-state index >= 15 is 0 Å². The number of urea groups is 1. The molecule has 2 N–H and O–H groups in total. The molecule has 198 valence electrons. The van der Waals surface area contributed by atoms with Gasteiger partial charge in [-0.2, -0.15) is 0 Å². The lowest BCUT2D eigenvalue weighted by atomic mass is 9.77. The second kappa shape index (κ2) is 11.2. The molecule has 2 amide bonds. The zero-order valence-electron chi connectivity index (χ0n) is 20.8. The van der Waals surface area contributed by atoms with Crippen LogP contribution < -0.4 is 10.6 Å². The number of carbonyl (C=O) groups is 1. The first-order valence-corrected chi connectivity index (χ1v) is 14.4. The Balaban J connectivity index is 1.40. The lowest BCUT2D eigenvalue weighted by molar-refractivity contribution is 0.155. The summed E-state index contributed by atoms with van der Waals surface area (Å²) in [5, 5.41) is 6.25. The molecule has 10 heteroatoms. The first kappa shape index (κ1) is 27.6. The Morgan fingerprint density at radius 3 is 2.57 bits per heavy atom. The predicted molar refractivity (Wildman–Crippen MR) is 147 cm³/mol. The zero-order valence-corrected chi connectivity index (χ0v) is 23.2. The Morgan fingerprint density at radius 1 is 1.16 bits per heavy atom. The molecule has 0 spiro atoms. The number of anilines is 1. The van der Waals surface area contributed by atoms with Gasteiger partial charge >= 0.3 is 6.03 Å². The second-order valence-corrected chi connectivity index (χ2v) is 12.6. The van der Waals surface area contributed by atoms with Crippen molar-refractivity contribution in [1.29, 1.82) is 0 Å². The average Bonchev–Trinajstić information content (AvgIpc) is 2.81. The molecule has 37 heavy (non-hydrogen) atoms. The Bertz CT molecular complexity index is 1350. The van der Waals surface area contributed by atoms with E-state index in [0.29, 0.717) is 39.0 Å². The van der Waals surface area contributed by atoms with Gasteiger partial charge in [-0.25, -0.2) is 17.6 Å². The molecule has 1 saturated heterocycles. The highest BCUT2D eigenvalue weighted by Crippen LogP contribution is 2.37. The maximum absolute atomic E-state index is 14.7. The monoisotopic (exact) mass is 565 g/mol. The van der Waals surface area contributed by atoms with Crippen LogP contribution in [-0.4, -0.2) is 51.4 Å². The van der Waals surface area contributed by atoms with Gasteiger partial charge in [0.2, 0.25) is 0 Å². The van der Waals surface area contributed by atoms with E-state index in [1.54, 1.807) is 31.2 Å². The summed E-state index contributed by atoms with van der Waals surface area (Å²) in [5.74, 6) is -0.0869. The molecular weight excluding hydrogens is 536 g/mol. The smallest absolute Gasteiger partial charge is 0.319 e. The molecule has 0 bridgehead atoms. The van der Waals surface area contributed by atoms with Crippen LogP contribution in [0.3, 0.4) is 0 Å². The number of nitrogens with one attached hydrogen (secondary N) is 2. The highest BCUT2D eigenvalue weighted by molar-refractivity contribution is 7.91. The molecule has 4 atom stereocenters. The summed E-state index contributed by atoms with van der Waals surface area (Å²) in [7, 11) is -1.76. The standard InChI is InChI=1S/C27H30Cl2FN3O3S/c1-16-11-18(12-22-23(16)13-33(3)14-25(22)30)15-37(35,36)20-9-7-19(8-10-20)32-27(34)31-17(2)21-5-4-6-24(28)26(21)29/h4-12,16-17,23,25H,13-15H2,1-3H3,(H2,31,32,34)/t16?,17-,23?,25?/m1/s1. The van der Waals surface area contributed by atoms with Gasteiger partial charge in [0.25, 0.3) is 0 Å². The van der Waals surface area contributed by atoms with Crippen molar-refractivity contribution in [2.75, 3.05) is 31.2 Å². The van der Waals surface area contributed by atoms with E-state index in [1.165, 1.54) is 24.3 Å². The van der Waals surface area contributed by atoms with E-state index in [4.69, 9.17) is 23.2 Å². The van der Waals surface area contributed by atoms with Crippen molar-refractivity contribution in [3.63, 3.8) is 0 Å². The van der Waals surface area contributed by atoms with Crippen molar-refractivity contribution in [1.82, 2.24) is 10.2 Å². The van der Waals surface area contributed by atoms with Crippen molar-refractivity contribution in [2.24, 2.45) is 11.8 Å². The number of alkyl halides is 1. The van der Waals surface area contributed by atoms with Crippen molar-refractivity contribution in [3.05, 3.63) is 81.4 Å². The number of fused-ring (bicyclic) bond motifs is 1. The molecule has 4 rings (SSSR count). The molecule has 0 radical (unpaired) electrons. The van der Waals surface area contributed by atoms with Gasteiger partial charge in [-0.3, -0.25) is 0 Å². The van der Waals surface area contributed by atoms with Gasteiger partial charge in [0, 0.05) is 24.7 Å². The topological polar surface area (TPSA) is 78.5 Å². The number of likely N-dealkylation sites (tertiary alicyclic amines) is 1. The lowest BCUT2D eigenvalue weighted by Gasteiger charge is -2.39. The van der Waals surface area contributed by atoms with E-state index in [2.05, 4.69) is 10.6 Å². The number of benzene rings is 2. The number of hydrogen-bond acceptors (Lipinski definition) is 4. The highest BCUT2D eigenvalue weighted by Gasteiger charge is 2.35. The fourth-order valence-corrected chi connectivity index (χ4v) is 6.75. The zero-order chi connectivity index (χ0) is 26.9. The molecule has 0 saturated carbocycles. The number of allylic oxidation sites excluding steroid dienone is 2. The van der Waals surface area contributed by atoms with E-state index in [-0.39, 0.29) is 22.5 Å². The van der Waals surface area contributed by atoms with E-state index in [0.717, 1.165) is 6.54 Å². The fourth-order valence-electron chi connectivity index (χ4n) is 4.94. The molecule has 2 aromatic rings. The van der Waals surface area contributed by atoms with Crippen LogP contribution >= 0.6 is 23.2 Å². The molecule has 0 aromatic heterocycles. The number of hydrogen-bond donors (Lipinski definition) is 2. The van der Waals surface area contributed by atoms with Crippen LogP contribution in [0.5, 0.6) is 0 Å². The van der Waals surface area contributed by atoms with E-state index < -0.39 is 28.1 Å². The van der Waals surface area contributed by atoms with Gasteiger partial charge in [-0.15, -0.1) is 0 Å². The molecule has 3 unspecified atom stereocenters. The van der Waals surface area contributed by atoms with Gasteiger partial charge < -0.3 is 15.5 Å². The highest BCUT2D eigenvalue weighted by atomic mass is 35.5. The number of nitrogens with zero attached hydrogens (tertiary/aromatic N) is 1. The molecule has 1 aliphatic carbocycles. The Morgan fingerprint density at radius 2 is 1.86 bits per heavy atom. The van der Waals surface area contributed by atoms with E-state index in [9.17, 15) is 17.6 Å². The summed E-state index contributed by atoms with van der Waals surface area (Å²) in [4.78, 5) is 14.6. The summed E-state index contributed by atoms with van der Waals surface area (Å²) >= 11 is 12.3. The quantitative estimate of drug-likeness (QED) is 0.446. The normalized spacial score (nSPS) is 22.9. The maximum atomic E-state index is 14.7. The number of piperidine rings is 1. The van der Waals surface area contributed by atoms with Crippen LogP contribution in [0.25, 0.3) is 0 Å². The van der Waals surface area contributed by atoms with Gasteiger partial charge in [-0.05, 0) is 66.9 Å². The fraction of sp³-hybridized carbons (Fsp3) is 0.370. The van der Waals surface area contributed by atoms with Crippen molar-refractivity contribution in [3.8, 4) is 0 Å². The Hall–Kier alpha value is -2.39. The Labute approximate surface area is 227 Å². The summed E-state index contributed by atoms with van der Waals surface area (Å²) < 4.78 is 40.9. The van der Waals surface area contributed by atoms with Gasteiger partial charge in [0.15, 0.2) is 9.84 Å². The molecule has 6 nitrogen and oxygen atoms in total. The SMILES string of the molecule is CC1C=C(CS(=O)(=O)c2ccc(NC(=O)N[C@H](C)c3cccc(Cl)c3Cl)cc2)C=C2C(F)CN(C)CC21. The van der Waals surface area contributed by atoms with Crippen LogP contribution in [0.15, 0.2) is 70.7 Å². The third-order valence-electron chi connectivity index (χ3n) is 6.86. The minimum Gasteiger partial charge on any atom is -0.331 e. The number of rotatable bonds is 6. The Kier molecular flexibility index (Phi) is 8.33. The first-order valence-electron chi connectivity index (χ1n) is 12.0. The maximum Gasteiger partial charge on any atom is 0.319 e. The molecular formula is C27H30Cl2FN3O3S. The third-order valence-corrected chi connectivity index (χ3v) is 9.39. The molecule has 1 heterocycles. The van der Waals surface area contributed by atoms with Crippen LogP contribution in [0.1, 0.15) is 25.5 Å². The average molecular weight is 567 g/mol. The first-order chi connectivity index (χ1) is 17.4. The third kappa shape index (κ3) is 6.37. The van der Waals surface area contributed by atoms with Gasteiger partial charge in [-0.1, -0.05) is 54.4 Å². The minimum atomic E-state index is -3.66. The molecule has 1 aliphatic heterocycles. The van der Waals surface area contributed by atoms with Crippen LogP contribution in [0.2, 0.25) is 10.0 Å². The van der Waals surface area contributed by atoms with Gasteiger partial charge in [0.05, 0.1) is 26.7 Å². The molecule has 1 fully saturated rings. The minimum absolute atomic E-state index is 0.0560. The summed E-state index contributed by atoms with van der Waals surface area (Å²) in [6.45, 7) is 4.86. The summed E-state index contributed by atoms with van der Waals surface area (Å²) in [5.41, 5.74) is 2.42. The molecule has 2 aromatic carbocycles. The summed E-state index contributed by atoms with van der Waals surface area (Å²) in [6.07, 6.45) is 2.57. The summed E-state index contributed by atoms with van der Waals surface area (Å²) in [6, 6.07) is 10.3. The van der Waals surface area contributed by atoms with Gasteiger partial charge in [0.1, 0.15) is 6.17 Å². The largest absolute Gasteiger partial charge is 0.331 e. The van der Waals surface area contributed by atoms with Crippen LogP contribution in [0, 0.1) is 11.8 Å². The van der Waals surface area contributed by atoms with Crippen LogP contribution in [0.4, 0.5) is 14.9 Å². The number of halogens is 3. The number of carbonyl (C=O) groups excluding carboxylic acids is 1. The molecule has 2 aliphatic rings.